The number of likely N-dealkylation sites (tertiary alicyclic amines) is 1. The number of aromatic nitrogens is 2. The van der Waals surface area contributed by atoms with E-state index in [1.54, 1.807) is 18.2 Å². The SMILES string of the molecule is Cc1noc(C2CCN(C(=O)Cc3ccc(Cl)cc3Cl)CC2)n1. The molecule has 3 rings (SSSR count). The van der Waals surface area contributed by atoms with E-state index in [2.05, 4.69) is 10.1 Å². The van der Waals surface area contributed by atoms with Crippen LogP contribution in [0.4, 0.5) is 0 Å². The van der Waals surface area contributed by atoms with Crippen LogP contribution in [0.5, 0.6) is 0 Å². The molecule has 1 aromatic carbocycles. The molecule has 0 atom stereocenters. The molecular weight excluding hydrogens is 337 g/mol. The zero-order valence-electron chi connectivity index (χ0n) is 12.8. The van der Waals surface area contributed by atoms with E-state index in [9.17, 15) is 4.79 Å². The summed E-state index contributed by atoms with van der Waals surface area (Å²) in [6.07, 6.45) is 1.96. The average Bonchev–Trinajstić information content (AvgIpc) is 2.97. The highest BCUT2D eigenvalue weighted by atomic mass is 35.5. The van der Waals surface area contributed by atoms with E-state index < -0.39 is 0 Å². The smallest absolute Gasteiger partial charge is 0.229 e. The van der Waals surface area contributed by atoms with Gasteiger partial charge >= 0.3 is 0 Å². The lowest BCUT2D eigenvalue weighted by Gasteiger charge is -2.30. The summed E-state index contributed by atoms with van der Waals surface area (Å²) in [6, 6.07) is 5.21. The summed E-state index contributed by atoms with van der Waals surface area (Å²) < 4.78 is 5.23. The maximum absolute atomic E-state index is 12.4. The van der Waals surface area contributed by atoms with Crippen molar-refractivity contribution in [2.45, 2.75) is 32.1 Å². The Morgan fingerprint density at radius 1 is 1.35 bits per heavy atom. The molecule has 0 N–H and O–H groups in total. The van der Waals surface area contributed by atoms with Crippen LogP contribution in [0, 0.1) is 6.92 Å². The van der Waals surface area contributed by atoms with E-state index in [1.807, 2.05) is 11.8 Å². The molecule has 1 fully saturated rings. The van der Waals surface area contributed by atoms with Gasteiger partial charge in [-0.2, -0.15) is 4.98 Å². The molecule has 2 aromatic rings. The summed E-state index contributed by atoms with van der Waals surface area (Å²) >= 11 is 12.0. The Morgan fingerprint density at radius 2 is 2.09 bits per heavy atom. The Kier molecular flexibility index (Phi) is 4.87. The standard InChI is InChI=1S/C16H17Cl2N3O2/c1-10-19-16(23-20-10)11-4-6-21(7-5-11)15(22)8-12-2-3-13(17)9-14(12)18/h2-3,9,11H,4-8H2,1H3. The Balaban J connectivity index is 1.58. The van der Waals surface area contributed by atoms with Crippen LogP contribution in [-0.2, 0) is 11.2 Å². The van der Waals surface area contributed by atoms with Gasteiger partial charge in [0.2, 0.25) is 11.8 Å². The number of piperidine rings is 1. The average molecular weight is 354 g/mol. The van der Waals surface area contributed by atoms with E-state index in [0.29, 0.717) is 41.3 Å². The maximum Gasteiger partial charge on any atom is 0.229 e. The van der Waals surface area contributed by atoms with Crippen LogP contribution in [0.25, 0.3) is 0 Å². The van der Waals surface area contributed by atoms with Gasteiger partial charge < -0.3 is 9.42 Å². The fourth-order valence-electron chi connectivity index (χ4n) is 2.79. The Labute approximate surface area is 144 Å². The second-order valence-corrected chi connectivity index (χ2v) is 6.59. The molecule has 0 bridgehead atoms. The van der Waals surface area contributed by atoms with Crippen molar-refractivity contribution in [2.75, 3.05) is 13.1 Å². The maximum atomic E-state index is 12.4. The van der Waals surface area contributed by atoms with Crippen molar-refractivity contribution in [3.8, 4) is 0 Å². The number of carbonyl (C=O) groups excluding carboxylic acids is 1. The summed E-state index contributed by atoms with van der Waals surface area (Å²) in [6.45, 7) is 3.19. The Morgan fingerprint density at radius 3 is 2.70 bits per heavy atom. The normalized spacial score (nSPS) is 15.9. The first-order valence-electron chi connectivity index (χ1n) is 7.55. The lowest BCUT2D eigenvalue weighted by atomic mass is 9.96. The monoisotopic (exact) mass is 353 g/mol. The third-order valence-corrected chi connectivity index (χ3v) is 4.68. The first kappa shape index (κ1) is 16.3. The van der Waals surface area contributed by atoms with Crippen molar-refractivity contribution in [2.24, 2.45) is 0 Å². The van der Waals surface area contributed by atoms with E-state index in [-0.39, 0.29) is 11.8 Å². The molecule has 5 nitrogen and oxygen atoms in total. The van der Waals surface area contributed by atoms with Crippen LogP contribution in [0.3, 0.4) is 0 Å². The quantitative estimate of drug-likeness (QED) is 0.845. The molecule has 0 aliphatic carbocycles. The van der Waals surface area contributed by atoms with Crippen LogP contribution in [-0.4, -0.2) is 34.0 Å². The van der Waals surface area contributed by atoms with Gasteiger partial charge in [-0.15, -0.1) is 0 Å². The second kappa shape index (κ2) is 6.89. The zero-order valence-corrected chi connectivity index (χ0v) is 14.3. The van der Waals surface area contributed by atoms with E-state index in [1.165, 1.54) is 0 Å². The molecule has 0 saturated carbocycles. The molecule has 0 unspecified atom stereocenters. The van der Waals surface area contributed by atoms with Crippen LogP contribution in [0.2, 0.25) is 10.0 Å². The van der Waals surface area contributed by atoms with Crippen LogP contribution in [0.1, 0.15) is 36.0 Å². The second-order valence-electron chi connectivity index (χ2n) is 5.75. The summed E-state index contributed by atoms with van der Waals surface area (Å²) in [5.74, 6) is 1.64. The third kappa shape index (κ3) is 3.85. The van der Waals surface area contributed by atoms with Crippen molar-refractivity contribution in [1.29, 1.82) is 0 Å². The highest BCUT2D eigenvalue weighted by Crippen LogP contribution is 2.28. The van der Waals surface area contributed by atoms with E-state index >= 15 is 0 Å². The van der Waals surface area contributed by atoms with Gasteiger partial charge in [0.25, 0.3) is 0 Å². The fourth-order valence-corrected chi connectivity index (χ4v) is 3.27. The van der Waals surface area contributed by atoms with Gasteiger partial charge in [-0.3, -0.25) is 4.79 Å². The molecule has 1 aliphatic heterocycles. The molecule has 1 saturated heterocycles. The molecule has 2 heterocycles. The van der Waals surface area contributed by atoms with E-state index in [0.717, 1.165) is 18.4 Å². The van der Waals surface area contributed by atoms with Crippen molar-refractivity contribution >= 4 is 29.1 Å². The van der Waals surface area contributed by atoms with Gasteiger partial charge in [-0.25, -0.2) is 0 Å². The van der Waals surface area contributed by atoms with Crippen LogP contribution in [0.15, 0.2) is 22.7 Å². The number of amides is 1. The molecule has 0 spiro atoms. The number of halogens is 2. The Bertz CT molecular complexity index is 709. The first-order valence-corrected chi connectivity index (χ1v) is 8.30. The number of benzene rings is 1. The lowest BCUT2D eigenvalue weighted by molar-refractivity contribution is -0.131. The topological polar surface area (TPSA) is 59.2 Å². The molecule has 1 amide bonds. The molecule has 1 aromatic heterocycles. The highest BCUT2D eigenvalue weighted by Gasteiger charge is 2.27. The van der Waals surface area contributed by atoms with Gasteiger partial charge in [-0.05, 0) is 37.5 Å². The van der Waals surface area contributed by atoms with Crippen molar-refractivity contribution in [1.82, 2.24) is 15.0 Å². The lowest BCUT2D eigenvalue weighted by Crippen LogP contribution is -2.38. The van der Waals surface area contributed by atoms with Crippen LogP contribution >= 0.6 is 23.2 Å². The number of rotatable bonds is 3. The number of nitrogens with zero attached hydrogens (tertiary/aromatic N) is 3. The van der Waals surface area contributed by atoms with Crippen molar-refractivity contribution in [3.63, 3.8) is 0 Å². The van der Waals surface area contributed by atoms with E-state index in [4.69, 9.17) is 27.7 Å². The zero-order chi connectivity index (χ0) is 16.4. The Hall–Kier alpha value is -1.59. The predicted octanol–water partition coefficient (Wildman–Crippen LogP) is 3.63. The number of aryl methyl sites for hydroxylation is 1. The third-order valence-electron chi connectivity index (χ3n) is 4.10. The van der Waals surface area contributed by atoms with Crippen molar-refractivity contribution in [3.05, 3.63) is 45.5 Å². The summed E-state index contributed by atoms with van der Waals surface area (Å²) in [7, 11) is 0. The van der Waals surface area contributed by atoms with Crippen LogP contribution < -0.4 is 0 Å². The van der Waals surface area contributed by atoms with Gasteiger partial charge in [0.1, 0.15) is 0 Å². The van der Waals surface area contributed by atoms with Gasteiger partial charge in [0, 0.05) is 29.1 Å². The molecule has 7 heteroatoms. The summed E-state index contributed by atoms with van der Waals surface area (Å²) in [5, 5.41) is 4.93. The molecule has 122 valence electrons. The summed E-state index contributed by atoms with van der Waals surface area (Å²) in [4.78, 5) is 18.6. The predicted molar refractivity (Wildman–Crippen MR) is 87.8 cm³/mol. The number of hydrogen-bond acceptors (Lipinski definition) is 4. The largest absolute Gasteiger partial charge is 0.342 e. The molecule has 1 aliphatic rings. The van der Waals surface area contributed by atoms with Gasteiger partial charge in [-0.1, -0.05) is 34.4 Å². The van der Waals surface area contributed by atoms with Gasteiger partial charge in [0.05, 0.1) is 6.42 Å². The minimum absolute atomic E-state index is 0.0781. The number of carbonyl (C=O) groups is 1. The highest BCUT2D eigenvalue weighted by molar-refractivity contribution is 6.35. The first-order chi connectivity index (χ1) is 11.0. The summed E-state index contributed by atoms with van der Waals surface area (Å²) in [5.41, 5.74) is 0.802. The minimum Gasteiger partial charge on any atom is -0.342 e. The molecule has 23 heavy (non-hydrogen) atoms. The molecule has 0 radical (unpaired) electrons. The van der Waals surface area contributed by atoms with Gasteiger partial charge in [0.15, 0.2) is 5.82 Å². The minimum atomic E-state index is 0.0781. The van der Waals surface area contributed by atoms with Crippen molar-refractivity contribution < 1.29 is 9.32 Å². The fraction of sp³-hybridized carbons (Fsp3) is 0.438. The molecular formula is C16H17Cl2N3O2. The number of hydrogen-bond donors (Lipinski definition) is 0.